The van der Waals surface area contributed by atoms with Crippen molar-refractivity contribution in [2.75, 3.05) is 10.6 Å². The third-order valence-corrected chi connectivity index (χ3v) is 5.21. The van der Waals surface area contributed by atoms with E-state index in [1.807, 2.05) is 43.7 Å². The average molecular weight is 477 g/mol. The molecule has 1 aromatic heterocycles. The molecule has 2 amide bonds. The van der Waals surface area contributed by atoms with Crippen molar-refractivity contribution in [2.24, 2.45) is 0 Å². The van der Waals surface area contributed by atoms with Crippen LogP contribution in [0.5, 0.6) is 0 Å². The molecule has 0 saturated heterocycles. The number of hydrogen-bond acceptors (Lipinski definition) is 5. The molecule has 1 heterocycles. The molecule has 0 spiro atoms. The summed E-state index contributed by atoms with van der Waals surface area (Å²) in [4.78, 5) is 42.2. The molecule has 0 aliphatic rings. The van der Waals surface area contributed by atoms with Crippen LogP contribution in [0, 0.1) is 6.92 Å². The molecule has 3 rings (SSSR count). The van der Waals surface area contributed by atoms with Crippen molar-refractivity contribution in [3.8, 4) is 5.69 Å². The highest BCUT2D eigenvalue weighted by Gasteiger charge is 2.19. The zero-order chi connectivity index (χ0) is 25.8. The van der Waals surface area contributed by atoms with E-state index in [9.17, 15) is 14.4 Å². The molecule has 0 unspecified atom stereocenters. The van der Waals surface area contributed by atoms with E-state index >= 15 is 0 Å². The van der Waals surface area contributed by atoms with E-state index in [0.29, 0.717) is 16.9 Å². The van der Waals surface area contributed by atoms with Crippen LogP contribution < -0.4 is 10.6 Å². The maximum atomic E-state index is 12.9. The molecular weight excluding hydrogens is 444 g/mol. The first-order valence-electron chi connectivity index (χ1n) is 11.5. The Kier molecular flexibility index (Phi) is 7.74. The van der Waals surface area contributed by atoms with Crippen LogP contribution in [0.25, 0.3) is 5.69 Å². The topological polar surface area (TPSA) is 102 Å². The van der Waals surface area contributed by atoms with Crippen LogP contribution in [-0.2, 0) is 9.53 Å². The van der Waals surface area contributed by atoms with Gasteiger partial charge in [-0.3, -0.25) is 14.9 Å². The molecule has 35 heavy (non-hydrogen) atoms. The highest BCUT2D eigenvalue weighted by atomic mass is 16.6. The van der Waals surface area contributed by atoms with E-state index in [2.05, 4.69) is 15.6 Å². The Morgan fingerprint density at radius 2 is 1.77 bits per heavy atom. The molecule has 0 atom stereocenters. The summed E-state index contributed by atoms with van der Waals surface area (Å²) in [6.45, 7) is 11.2. The Hall–Kier alpha value is -3.94. The van der Waals surface area contributed by atoms with Crippen molar-refractivity contribution < 1.29 is 19.1 Å². The van der Waals surface area contributed by atoms with Gasteiger partial charge in [-0.15, -0.1) is 0 Å². The van der Waals surface area contributed by atoms with Crippen LogP contribution in [0.3, 0.4) is 0 Å². The van der Waals surface area contributed by atoms with Gasteiger partial charge in [-0.2, -0.15) is 0 Å². The second kappa shape index (κ2) is 10.5. The first-order chi connectivity index (χ1) is 16.4. The first-order valence-corrected chi connectivity index (χ1v) is 11.5. The first kappa shape index (κ1) is 25.7. The van der Waals surface area contributed by atoms with Gasteiger partial charge >= 0.3 is 6.09 Å². The van der Waals surface area contributed by atoms with Crippen LogP contribution in [0.1, 0.15) is 68.7 Å². The Morgan fingerprint density at radius 1 is 1.03 bits per heavy atom. The molecule has 0 radical (unpaired) electrons. The predicted molar refractivity (Wildman–Crippen MR) is 136 cm³/mol. The number of benzene rings is 2. The molecule has 8 nitrogen and oxygen atoms in total. The molecule has 184 valence electrons. The largest absolute Gasteiger partial charge is 0.444 e. The van der Waals surface area contributed by atoms with Crippen molar-refractivity contribution in [3.05, 3.63) is 71.8 Å². The van der Waals surface area contributed by atoms with Crippen molar-refractivity contribution in [1.29, 1.82) is 0 Å². The number of nitrogens with one attached hydrogen (secondary N) is 2. The Morgan fingerprint density at radius 3 is 2.40 bits per heavy atom. The second-order valence-corrected chi connectivity index (χ2v) is 9.63. The van der Waals surface area contributed by atoms with Gasteiger partial charge in [-0.1, -0.05) is 32.0 Å². The monoisotopic (exact) mass is 476 g/mol. The summed E-state index contributed by atoms with van der Waals surface area (Å²) in [5.41, 5.74) is 2.32. The third-order valence-electron chi connectivity index (χ3n) is 5.21. The fourth-order valence-electron chi connectivity index (χ4n) is 3.47. The number of rotatable bonds is 7. The van der Waals surface area contributed by atoms with Gasteiger partial charge in [0.05, 0.1) is 17.8 Å². The minimum absolute atomic E-state index is 0.206. The number of carbonyl (C=O) groups is 3. The van der Waals surface area contributed by atoms with Crippen LogP contribution in [0.4, 0.5) is 16.2 Å². The number of anilines is 2. The smallest absolute Gasteiger partial charge is 0.412 e. The predicted octanol–water partition coefficient (Wildman–Crippen LogP) is 5.86. The summed E-state index contributed by atoms with van der Waals surface area (Å²) in [7, 11) is 0. The summed E-state index contributed by atoms with van der Waals surface area (Å²) in [6.07, 6.45) is 2.52. The van der Waals surface area contributed by atoms with Crippen molar-refractivity contribution in [3.63, 3.8) is 0 Å². The van der Waals surface area contributed by atoms with E-state index in [4.69, 9.17) is 4.74 Å². The minimum atomic E-state index is -0.665. The van der Waals surface area contributed by atoms with E-state index in [1.54, 1.807) is 57.3 Å². The van der Waals surface area contributed by atoms with Crippen LogP contribution in [0.2, 0.25) is 0 Å². The second-order valence-electron chi connectivity index (χ2n) is 9.63. The molecule has 2 N–H and O–H groups in total. The lowest BCUT2D eigenvalue weighted by Crippen LogP contribution is -2.27. The Balaban J connectivity index is 1.76. The fourth-order valence-corrected chi connectivity index (χ4v) is 3.47. The summed E-state index contributed by atoms with van der Waals surface area (Å²) in [5, 5.41) is 5.46. The fraction of sp³-hybridized carbons (Fsp3) is 0.333. The van der Waals surface area contributed by atoms with Crippen LogP contribution in [0.15, 0.2) is 54.9 Å². The summed E-state index contributed by atoms with van der Waals surface area (Å²) < 4.78 is 7.19. The number of ether oxygens (including phenoxy) is 1. The van der Waals surface area contributed by atoms with Crippen molar-refractivity contribution in [2.45, 2.75) is 59.5 Å². The molecule has 8 heteroatoms. The maximum absolute atomic E-state index is 12.9. The van der Waals surface area contributed by atoms with Crippen molar-refractivity contribution in [1.82, 2.24) is 9.55 Å². The van der Waals surface area contributed by atoms with Gasteiger partial charge in [0, 0.05) is 23.6 Å². The summed E-state index contributed by atoms with van der Waals surface area (Å²) in [5.74, 6) is 0.204. The number of aromatic nitrogens is 2. The van der Waals surface area contributed by atoms with Gasteiger partial charge in [0.2, 0.25) is 5.91 Å². The molecule has 3 aromatic rings. The maximum Gasteiger partial charge on any atom is 0.412 e. The Labute approximate surface area is 205 Å². The lowest BCUT2D eigenvalue weighted by molar-refractivity contribution is -0.115. The van der Waals surface area contributed by atoms with E-state index in [0.717, 1.165) is 17.1 Å². The normalized spacial score (nSPS) is 11.3. The summed E-state index contributed by atoms with van der Waals surface area (Å²) >= 11 is 0. The molecule has 0 fully saturated rings. The number of carbonyl (C=O) groups excluding carboxylic acids is 3. The lowest BCUT2D eigenvalue weighted by atomic mass is 10.0. The average Bonchev–Trinajstić information content (AvgIpc) is 3.19. The number of Topliss-reactive ketones (excluding diaryl/α,β-unsaturated/α-hetero) is 1. The molecule has 2 aromatic carbocycles. The zero-order valence-electron chi connectivity index (χ0n) is 21.0. The molecule has 0 aliphatic heterocycles. The van der Waals surface area contributed by atoms with Gasteiger partial charge in [-0.25, -0.2) is 9.78 Å². The SMILES string of the molecule is Cc1nccn1-c1cccc(C(=O)CC(=O)Nc2cc(C(C)C)ccc2NC(=O)OC(C)(C)C)c1. The quantitative estimate of drug-likeness (QED) is 0.328. The molecule has 0 aliphatic carbocycles. The highest BCUT2D eigenvalue weighted by Crippen LogP contribution is 2.28. The van der Waals surface area contributed by atoms with Gasteiger partial charge in [-0.05, 0) is 63.4 Å². The number of nitrogens with zero attached hydrogens (tertiary/aromatic N) is 2. The number of hydrogen-bond donors (Lipinski definition) is 2. The summed E-state index contributed by atoms with van der Waals surface area (Å²) in [6, 6.07) is 12.4. The van der Waals surface area contributed by atoms with Gasteiger partial charge < -0.3 is 14.6 Å². The van der Waals surface area contributed by atoms with E-state index in [-0.39, 0.29) is 18.1 Å². The van der Waals surface area contributed by atoms with Gasteiger partial charge in [0.25, 0.3) is 0 Å². The third kappa shape index (κ3) is 7.02. The zero-order valence-corrected chi connectivity index (χ0v) is 21.0. The van der Waals surface area contributed by atoms with Gasteiger partial charge in [0.1, 0.15) is 11.4 Å². The number of imidazole rings is 1. The molecule has 0 bridgehead atoms. The molecule has 0 saturated carbocycles. The van der Waals surface area contributed by atoms with Crippen LogP contribution >= 0.6 is 0 Å². The number of amides is 2. The van der Waals surface area contributed by atoms with E-state index in [1.165, 1.54) is 0 Å². The molecular formula is C27H32N4O4. The number of aryl methyl sites for hydroxylation is 1. The number of ketones is 1. The van der Waals surface area contributed by atoms with Gasteiger partial charge in [0.15, 0.2) is 5.78 Å². The Bertz CT molecular complexity index is 1240. The van der Waals surface area contributed by atoms with Crippen molar-refractivity contribution >= 4 is 29.2 Å². The van der Waals surface area contributed by atoms with Crippen LogP contribution in [-0.4, -0.2) is 32.9 Å². The lowest BCUT2D eigenvalue weighted by Gasteiger charge is -2.21. The standard InChI is InChI=1S/C27H32N4O4/c1-17(2)19-10-11-22(30-26(34)35-27(4,5)6)23(15-19)29-25(33)16-24(32)20-8-7-9-21(14-20)31-13-12-28-18(31)3/h7-15,17H,16H2,1-6H3,(H,29,33)(H,30,34). The highest BCUT2D eigenvalue weighted by molar-refractivity contribution is 6.12. The minimum Gasteiger partial charge on any atom is -0.444 e. The van der Waals surface area contributed by atoms with E-state index < -0.39 is 17.6 Å².